The predicted octanol–water partition coefficient (Wildman–Crippen LogP) is 1.79. The average molecular weight is 454 g/mol. The van der Waals surface area contributed by atoms with E-state index in [0.29, 0.717) is 11.3 Å². The number of ether oxygens (including phenoxy) is 2. The molecule has 1 heterocycles. The molecule has 0 unspecified atom stereocenters. The van der Waals surface area contributed by atoms with E-state index in [1.54, 1.807) is 13.8 Å². The number of hydrogen-bond acceptors (Lipinski definition) is 7. The van der Waals surface area contributed by atoms with E-state index in [4.69, 9.17) is 4.74 Å². The van der Waals surface area contributed by atoms with Crippen LogP contribution in [0.3, 0.4) is 0 Å². The molecule has 1 saturated heterocycles. The number of nitrogens with one attached hydrogen (secondary N) is 1. The topological polar surface area (TPSA) is 119 Å². The zero-order valence-corrected chi connectivity index (χ0v) is 18.6. The number of methoxy groups -OCH3 is 1. The van der Waals surface area contributed by atoms with E-state index in [-0.39, 0.29) is 29.6 Å². The fraction of sp³-hybridized carbons (Fsp3) is 0.458. The van der Waals surface area contributed by atoms with Gasteiger partial charge in [-0.05, 0) is 48.4 Å². The number of nitrogens with zero attached hydrogens (tertiary/aromatic N) is 1. The summed E-state index contributed by atoms with van der Waals surface area (Å²) >= 11 is 0. The van der Waals surface area contributed by atoms with Crippen molar-refractivity contribution < 1.29 is 33.4 Å². The van der Waals surface area contributed by atoms with E-state index in [0.717, 1.165) is 11.3 Å². The van der Waals surface area contributed by atoms with Gasteiger partial charge in [0.05, 0.1) is 24.5 Å². The van der Waals surface area contributed by atoms with Crippen LogP contribution in [0.5, 0.6) is 0 Å². The van der Waals surface area contributed by atoms with Gasteiger partial charge in [-0.15, -0.1) is 0 Å². The highest BCUT2D eigenvalue weighted by Crippen LogP contribution is 2.53. The number of anilines is 1. The third-order valence-electron chi connectivity index (χ3n) is 6.59. The molecule has 4 rings (SSSR count). The Morgan fingerprint density at radius 1 is 1.03 bits per heavy atom. The van der Waals surface area contributed by atoms with E-state index in [1.807, 2.05) is 12.2 Å². The molecule has 2 fully saturated rings. The average Bonchev–Trinajstić information content (AvgIpc) is 3.47. The Bertz CT molecular complexity index is 1000. The van der Waals surface area contributed by atoms with E-state index in [1.165, 1.54) is 31.4 Å². The number of carbonyl (C=O) groups is 5. The van der Waals surface area contributed by atoms with Crippen LogP contribution in [0, 0.1) is 29.6 Å². The largest absolute Gasteiger partial charge is 0.465 e. The lowest BCUT2D eigenvalue weighted by atomic mass is 9.85. The van der Waals surface area contributed by atoms with Crippen molar-refractivity contribution in [3.8, 4) is 0 Å². The fourth-order valence-electron chi connectivity index (χ4n) is 5.10. The van der Waals surface area contributed by atoms with Gasteiger partial charge in [0, 0.05) is 5.69 Å². The highest BCUT2D eigenvalue weighted by Gasteiger charge is 2.61. The fourth-order valence-corrected chi connectivity index (χ4v) is 5.10. The monoisotopic (exact) mass is 454 g/mol. The number of hydrogen-bond donors (Lipinski definition) is 1. The SMILES string of the molecule is COC(=O)c1ccc(NC(=O)COC(=O)[C@H](C(C)C)N2C(=O)[C@@H]3[C@@H](C2=O)[C@H]2C=C[C@H]3C2)cc1. The standard InChI is InChI=1S/C24H26N2O7/c1-12(2)20(26-21(28)18-14-4-5-15(10-14)19(18)22(26)29)24(31)33-11-17(27)25-16-8-6-13(7-9-16)23(30)32-3/h4-9,12,14-15,18-20H,10-11H2,1-3H3,(H,25,27)/t14-,15-,18-,19-,20-/m0/s1. The van der Waals surface area contributed by atoms with Crippen LogP contribution >= 0.6 is 0 Å². The molecule has 5 atom stereocenters. The van der Waals surface area contributed by atoms with Crippen molar-refractivity contribution in [3.05, 3.63) is 42.0 Å². The van der Waals surface area contributed by atoms with Gasteiger partial charge >= 0.3 is 11.9 Å². The lowest BCUT2D eigenvalue weighted by molar-refractivity contribution is -0.162. The lowest BCUT2D eigenvalue weighted by Crippen LogP contribution is -2.50. The smallest absolute Gasteiger partial charge is 0.337 e. The number of imide groups is 1. The Hall–Kier alpha value is -3.49. The molecule has 9 heteroatoms. The predicted molar refractivity (Wildman–Crippen MR) is 116 cm³/mol. The number of allylic oxidation sites excluding steroid dienone is 2. The Labute approximate surface area is 191 Å². The maximum absolute atomic E-state index is 13.1. The van der Waals surface area contributed by atoms with Gasteiger partial charge in [0.15, 0.2) is 6.61 Å². The molecule has 1 aromatic carbocycles. The number of benzene rings is 1. The van der Waals surface area contributed by atoms with Gasteiger partial charge in [-0.2, -0.15) is 0 Å². The second kappa shape index (κ2) is 8.80. The van der Waals surface area contributed by atoms with E-state index < -0.39 is 42.3 Å². The summed E-state index contributed by atoms with van der Waals surface area (Å²) in [4.78, 5) is 63.8. The van der Waals surface area contributed by atoms with Gasteiger partial charge in [0.1, 0.15) is 6.04 Å². The minimum atomic E-state index is -1.08. The molecular formula is C24H26N2O7. The molecule has 174 valence electrons. The van der Waals surface area contributed by atoms with Gasteiger partial charge in [0.2, 0.25) is 11.8 Å². The number of esters is 2. The van der Waals surface area contributed by atoms with Crippen LogP contribution in [0.2, 0.25) is 0 Å². The Morgan fingerprint density at radius 3 is 2.12 bits per heavy atom. The Morgan fingerprint density at radius 2 is 1.61 bits per heavy atom. The van der Waals surface area contributed by atoms with Crippen molar-refractivity contribution in [2.24, 2.45) is 29.6 Å². The van der Waals surface area contributed by atoms with E-state index in [9.17, 15) is 24.0 Å². The van der Waals surface area contributed by atoms with Crippen LogP contribution in [-0.4, -0.2) is 54.3 Å². The molecule has 0 aromatic heterocycles. The molecular weight excluding hydrogens is 428 g/mol. The summed E-state index contributed by atoms with van der Waals surface area (Å²) in [7, 11) is 1.27. The summed E-state index contributed by atoms with van der Waals surface area (Å²) in [5.74, 6) is -3.62. The summed E-state index contributed by atoms with van der Waals surface area (Å²) in [6.45, 7) is 2.89. The molecule has 1 N–H and O–H groups in total. The van der Waals surface area contributed by atoms with Crippen LogP contribution in [0.15, 0.2) is 36.4 Å². The summed E-state index contributed by atoms with van der Waals surface area (Å²) in [6, 6.07) is 4.94. The molecule has 2 aliphatic carbocycles. The molecule has 1 aromatic rings. The minimum Gasteiger partial charge on any atom is -0.465 e. The molecule has 9 nitrogen and oxygen atoms in total. The number of amides is 3. The number of fused-ring (bicyclic) bond motifs is 5. The second-order valence-electron chi connectivity index (χ2n) is 8.96. The van der Waals surface area contributed by atoms with Gasteiger partial charge in [-0.3, -0.25) is 19.3 Å². The zero-order valence-electron chi connectivity index (χ0n) is 18.6. The quantitative estimate of drug-likeness (QED) is 0.379. The van der Waals surface area contributed by atoms with Gasteiger partial charge in [0.25, 0.3) is 5.91 Å². The molecule has 1 aliphatic heterocycles. The van der Waals surface area contributed by atoms with Crippen molar-refractivity contribution in [2.75, 3.05) is 19.0 Å². The normalized spacial score (nSPS) is 25.9. The van der Waals surface area contributed by atoms with Crippen LogP contribution in [0.1, 0.15) is 30.6 Å². The molecule has 2 bridgehead atoms. The van der Waals surface area contributed by atoms with Crippen LogP contribution in [-0.2, 0) is 28.7 Å². The number of carbonyl (C=O) groups excluding carboxylic acids is 5. The van der Waals surface area contributed by atoms with Crippen molar-refractivity contribution in [3.63, 3.8) is 0 Å². The van der Waals surface area contributed by atoms with E-state index >= 15 is 0 Å². The zero-order chi connectivity index (χ0) is 23.9. The summed E-state index contributed by atoms with van der Waals surface area (Å²) in [5, 5.41) is 2.56. The first-order valence-electron chi connectivity index (χ1n) is 10.9. The van der Waals surface area contributed by atoms with Gasteiger partial charge < -0.3 is 14.8 Å². The highest BCUT2D eigenvalue weighted by atomic mass is 16.5. The van der Waals surface area contributed by atoms with Crippen LogP contribution in [0.4, 0.5) is 5.69 Å². The second-order valence-corrected chi connectivity index (χ2v) is 8.96. The third kappa shape index (κ3) is 4.03. The van der Waals surface area contributed by atoms with Crippen molar-refractivity contribution in [1.29, 1.82) is 0 Å². The first-order chi connectivity index (χ1) is 15.7. The lowest BCUT2D eigenvalue weighted by Gasteiger charge is -2.28. The molecule has 3 aliphatic rings. The van der Waals surface area contributed by atoms with Crippen molar-refractivity contribution in [2.45, 2.75) is 26.3 Å². The first-order valence-corrected chi connectivity index (χ1v) is 10.9. The van der Waals surface area contributed by atoms with Gasteiger partial charge in [-0.1, -0.05) is 26.0 Å². The number of likely N-dealkylation sites (tertiary alicyclic amines) is 1. The van der Waals surface area contributed by atoms with Crippen LogP contribution < -0.4 is 5.32 Å². The van der Waals surface area contributed by atoms with Crippen molar-refractivity contribution in [1.82, 2.24) is 4.90 Å². The molecule has 1 saturated carbocycles. The summed E-state index contributed by atoms with van der Waals surface area (Å²) < 4.78 is 9.81. The summed E-state index contributed by atoms with van der Waals surface area (Å²) in [5.41, 5.74) is 0.736. The Balaban J connectivity index is 1.37. The first kappa shape index (κ1) is 22.7. The third-order valence-corrected chi connectivity index (χ3v) is 6.59. The molecule has 0 radical (unpaired) electrons. The molecule has 3 amide bonds. The summed E-state index contributed by atoms with van der Waals surface area (Å²) in [6.07, 6.45) is 4.79. The molecule has 33 heavy (non-hydrogen) atoms. The Kier molecular flexibility index (Phi) is 6.05. The van der Waals surface area contributed by atoms with Crippen LogP contribution in [0.25, 0.3) is 0 Å². The highest BCUT2D eigenvalue weighted by molar-refractivity contribution is 6.09. The molecule has 0 spiro atoms. The van der Waals surface area contributed by atoms with Gasteiger partial charge in [-0.25, -0.2) is 9.59 Å². The number of rotatable bonds is 7. The maximum atomic E-state index is 13.1. The maximum Gasteiger partial charge on any atom is 0.337 e. The minimum absolute atomic E-state index is 0.0432. The van der Waals surface area contributed by atoms with E-state index in [2.05, 4.69) is 10.1 Å². The van der Waals surface area contributed by atoms with Crippen molar-refractivity contribution >= 4 is 35.3 Å².